The molecule has 3 amide bonds. The Bertz CT molecular complexity index is 919. The van der Waals surface area contributed by atoms with Gasteiger partial charge in [0.1, 0.15) is 11.4 Å². The van der Waals surface area contributed by atoms with Gasteiger partial charge in [-0.3, -0.25) is 19.8 Å². The lowest BCUT2D eigenvalue weighted by atomic mass is 9.92. The van der Waals surface area contributed by atoms with Crippen molar-refractivity contribution in [2.24, 2.45) is 0 Å². The number of urea groups is 1. The Balaban J connectivity index is 1.87. The number of halogens is 2. The molecule has 9 heteroatoms. The van der Waals surface area contributed by atoms with Gasteiger partial charge in [0.05, 0.1) is 11.5 Å². The van der Waals surface area contributed by atoms with Gasteiger partial charge in [-0.25, -0.2) is 9.18 Å². The summed E-state index contributed by atoms with van der Waals surface area (Å²) in [6.07, 6.45) is 0. The second-order valence-electron chi connectivity index (χ2n) is 5.99. The van der Waals surface area contributed by atoms with Crippen LogP contribution in [0.1, 0.15) is 18.1 Å². The number of hydrogen-bond donors (Lipinski definition) is 1. The second-order valence-corrected chi connectivity index (χ2v) is 6.40. The summed E-state index contributed by atoms with van der Waals surface area (Å²) in [4.78, 5) is 36.3. The summed E-state index contributed by atoms with van der Waals surface area (Å²) in [5.74, 6) is -1.10. The van der Waals surface area contributed by atoms with E-state index in [0.717, 1.165) is 17.0 Å². The predicted molar refractivity (Wildman–Crippen MR) is 90.9 cm³/mol. The minimum Gasteiger partial charge on any atom is -0.319 e. The summed E-state index contributed by atoms with van der Waals surface area (Å²) in [5, 5.41) is 13.3. The molecule has 0 spiro atoms. The van der Waals surface area contributed by atoms with Crippen molar-refractivity contribution in [2.75, 3.05) is 0 Å². The Morgan fingerprint density at radius 1 is 1.23 bits per heavy atom. The largest absolute Gasteiger partial charge is 0.325 e. The van der Waals surface area contributed by atoms with Crippen LogP contribution in [-0.4, -0.2) is 21.8 Å². The van der Waals surface area contributed by atoms with Gasteiger partial charge in [-0.1, -0.05) is 29.8 Å². The lowest BCUT2D eigenvalue weighted by molar-refractivity contribution is -0.384. The fourth-order valence-corrected chi connectivity index (χ4v) is 3.18. The molecule has 2 aromatic rings. The number of amides is 3. The zero-order valence-electron chi connectivity index (χ0n) is 13.5. The van der Waals surface area contributed by atoms with Crippen molar-refractivity contribution in [1.29, 1.82) is 0 Å². The van der Waals surface area contributed by atoms with Crippen LogP contribution in [0.5, 0.6) is 0 Å². The molecule has 0 aromatic heterocycles. The van der Waals surface area contributed by atoms with E-state index in [1.807, 2.05) is 0 Å². The van der Waals surface area contributed by atoms with Crippen LogP contribution in [0.4, 0.5) is 14.9 Å². The Morgan fingerprint density at radius 2 is 1.88 bits per heavy atom. The zero-order chi connectivity index (χ0) is 19.1. The van der Waals surface area contributed by atoms with Gasteiger partial charge in [-0.2, -0.15) is 0 Å². The second kappa shape index (κ2) is 6.38. The molecule has 134 valence electrons. The third-order valence-electron chi connectivity index (χ3n) is 4.23. The molecule has 2 aromatic carbocycles. The first-order chi connectivity index (χ1) is 12.2. The van der Waals surface area contributed by atoms with E-state index in [1.165, 1.54) is 37.3 Å². The highest BCUT2D eigenvalue weighted by Gasteiger charge is 2.49. The molecular formula is C17H13ClFN3O4. The number of imide groups is 1. The lowest BCUT2D eigenvalue weighted by Gasteiger charge is -2.23. The average Bonchev–Trinajstić information content (AvgIpc) is 2.79. The van der Waals surface area contributed by atoms with Crippen molar-refractivity contribution in [3.63, 3.8) is 0 Å². The Kier molecular flexibility index (Phi) is 4.37. The lowest BCUT2D eigenvalue weighted by Crippen LogP contribution is -2.41. The first-order valence-corrected chi connectivity index (χ1v) is 7.93. The maximum atomic E-state index is 13.3. The number of nitrogens with one attached hydrogen (secondary N) is 1. The number of non-ortho nitro benzene ring substituents is 1. The highest BCUT2D eigenvalue weighted by Crippen LogP contribution is 2.34. The summed E-state index contributed by atoms with van der Waals surface area (Å²) in [6, 6.07) is 8.49. The fourth-order valence-electron chi connectivity index (χ4n) is 2.82. The molecule has 1 N–H and O–H groups in total. The van der Waals surface area contributed by atoms with E-state index >= 15 is 0 Å². The number of benzene rings is 2. The maximum absolute atomic E-state index is 13.3. The molecule has 1 saturated heterocycles. The molecule has 1 unspecified atom stereocenters. The summed E-state index contributed by atoms with van der Waals surface area (Å²) < 4.78 is 13.3. The fraction of sp³-hybridized carbons (Fsp3) is 0.176. The van der Waals surface area contributed by atoms with Gasteiger partial charge in [0, 0.05) is 22.7 Å². The average molecular weight is 378 g/mol. The number of nitrogens with zero attached hydrogens (tertiary/aromatic N) is 2. The smallest absolute Gasteiger partial charge is 0.319 e. The maximum Gasteiger partial charge on any atom is 0.325 e. The minimum absolute atomic E-state index is 0.0262. The molecule has 0 bridgehead atoms. The van der Waals surface area contributed by atoms with Crippen LogP contribution in [0.15, 0.2) is 42.5 Å². The summed E-state index contributed by atoms with van der Waals surface area (Å²) in [7, 11) is 0. The van der Waals surface area contributed by atoms with E-state index in [4.69, 9.17) is 11.6 Å². The first kappa shape index (κ1) is 17.8. The van der Waals surface area contributed by atoms with E-state index in [-0.39, 0.29) is 22.8 Å². The number of nitro groups is 1. The van der Waals surface area contributed by atoms with Crippen LogP contribution in [0.2, 0.25) is 5.02 Å². The van der Waals surface area contributed by atoms with Crippen molar-refractivity contribution in [1.82, 2.24) is 10.2 Å². The van der Waals surface area contributed by atoms with Gasteiger partial charge >= 0.3 is 6.03 Å². The summed E-state index contributed by atoms with van der Waals surface area (Å²) in [5.41, 5.74) is -0.685. The van der Waals surface area contributed by atoms with Gasteiger partial charge in [-0.05, 0) is 24.6 Å². The number of carbonyl (C=O) groups excluding carboxylic acids is 2. The zero-order valence-corrected chi connectivity index (χ0v) is 14.3. The van der Waals surface area contributed by atoms with Crippen LogP contribution >= 0.6 is 11.6 Å². The van der Waals surface area contributed by atoms with Gasteiger partial charge in [-0.15, -0.1) is 0 Å². The standard InChI is InChI=1S/C17H13ClFN3O4/c1-17(13-7-4-11(19)8-14(13)18)15(23)21(16(24)20-17)9-10-2-5-12(6-3-10)22(25)26/h2-8H,9H2,1H3,(H,20,24). The topological polar surface area (TPSA) is 92.6 Å². The molecular weight excluding hydrogens is 365 g/mol. The number of carbonyl (C=O) groups is 2. The van der Waals surface area contributed by atoms with Crippen LogP contribution in [0, 0.1) is 15.9 Å². The SMILES string of the molecule is CC1(c2ccc(F)cc2Cl)NC(=O)N(Cc2ccc([N+](=O)[O-])cc2)C1=O. The van der Waals surface area contributed by atoms with Crippen molar-refractivity contribution in [3.05, 3.63) is 74.5 Å². The van der Waals surface area contributed by atoms with E-state index < -0.39 is 28.2 Å². The number of rotatable bonds is 4. The first-order valence-electron chi connectivity index (χ1n) is 7.55. The summed E-state index contributed by atoms with van der Waals surface area (Å²) in [6.45, 7) is 1.43. The van der Waals surface area contributed by atoms with Crippen LogP contribution in [0.3, 0.4) is 0 Å². The molecule has 1 atom stereocenters. The molecule has 0 radical (unpaired) electrons. The quantitative estimate of drug-likeness (QED) is 0.502. The van der Waals surface area contributed by atoms with Crippen molar-refractivity contribution >= 4 is 29.2 Å². The molecule has 1 heterocycles. The Morgan fingerprint density at radius 3 is 2.46 bits per heavy atom. The molecule has 0 aliphatic carbocycles. The van der Waals surface area contributed by atoms with Gasteiger partial charge in [0.2, 0.25) is 0 Å². The molecule has 1 aliphatic rings. The van der Waals surface area contributed by atoms with Crippen LogP contribution in [-0.2, 0) is 16.9 Å². The Labute approximate surface area is 152 Å². The van der Waals surface area contributed by atoms with Crippen molar-refractivity contribution in [2.45, 2.75) is 19.0 Å². The monoisotopic (exact) mass is 377 g/mol. The molecule has 7 nitrogen and oxygen atoms in total. The van der Waals surface area contributed by atoms with Gasteiger partial charge < -0.3 is 5.32 Å². The molecule has 26 heavy (non-hydrogen) atoms. The van der Waals surface area contributed by atoms with Crippen molar-refractivity contribution in [3.8, 4) is 0 Å². The molecule has 0 saturated carbocycles. The highest BCUT2D eigenvalue weighted by molar-refractivity contribution is 6.32. The third-order valence-corrected chi connectivity index (χ3v) is 4.55. The number of nitro benzene ring substituents is 1. The van der Waals surface area contributed by atoms with Crippen LogP contribution < -0.4 is 5.32 Å². The van der Waals surface area contributed by atoms with E-state index in [1.54, 1.807) is 0 Å². The highest BCUT2D eigenvalue weighted by atomic mass is 35.5. The summed E-state index contributed by atoms with van der Waals surface area (Å²) >= 11 is 6.04. The molecule has 1 aliphatic heterocycles. The van der Waals surface area contributed by atoms with E-state index in [2.05, 4.69) is 5.32 Å². The van der Waals surface area contributed by atoms with Crippen molar-refractivity contribution < 1.29 is 18.9 Å². The van der Waals surface area contributed by atoms with E-state index in [0.29, 0.717) is 5.56 Å². The minimum atomic E-state index is -1.43. The van der Waals surface area contributed by atoms with E-state index in [9.17, 15) is 24.1 Å². The normalized spacial score (nSPS) is 19.6. The van der Waals surface area contributed by atoms with Gasteiger partial charge in [0.15, 0.2) is 0 Å². The van der Waals surface area contributed by atoms with Crippen LogP contribution in [0.25, 0.3) is 0 Å². The Hall–Kier alpha value is -3.00. The number of hydrogen-bond acceptors (Lipinski definition) is 4. The predicted octanol–water partition coefficient (Wildman–Crippen LogP) is 3.35. The molecule has 1 fully saturated rings. The van der Waals surface area contributed by atoms with Gasteiger partial charge in [0.25, 0.3) is 11.6 Å². The molecule has 3 rings (SSSR count). The third kappa shape index (κ3) is 2.99.